The Morgan fingerprint density at radius 1 is 0.949 bits per heavy atom. The molecule has 4 unspecified atom stereocenters. The number of unbranched alkanes of at least 4 members (excludes halogenated alkanes) is 1. The fourth-order valence-electron chi connectivity index (χ4n) is 4.12. The van der Waals surface area contributed by atoms with Crippen LogP contribution in [0.15, 0.2) is 30.5 Å². The van der Waals surface area contributed by atoms with Gasteiger partial charge in [-0.2, -0.15) is 0 Å². The average molecular weight is 546 g/mol. The van der Waals surface area contributed by atoms with Gasteiger partial charge in [-0.3, -0.25) is 19.2 Å². The number of fused-ring (bicyclic) bond motifs is 1. The van der Waals surface area contributed by atoms with Gasteiger partial charge in [-0.15, -0.1) is 0 Å². The number of carbonyl (C=O) groups is 5. The summed E-state index contributed by atoms with van der Waals surface area (Å²) in [5.74, 6) is -4.75. The molecule has 0 aliphatic heterocycles. The second-order valence-corrected chi connectivity index (χ2v) is 9.82. The lowest BCUT2D eigenvalue weighted by Gasteiger charge is -2.27. The number of carbonyl (C=O) groups excluding carboxylic acids is 4. The summed E-state index contributed by atoms with van der Waals surface area (Å²) in [6, 6.07) is 2.98. The number of aromatic nitrogens is 1. The number of hydrogen-bond acceptors (Lipinski definition) is 7. The molecule has 13 nitrogen and oxygen atoms in total. The number of nitrogens with one attached hydrogen (secondary N) is 4. The highest BCUT2D eigenvalue weighted by Crippen LogP contribution is 2.19. The van der Waals surface area contributed by atoms with E-state index in [1.54, 1.807) is 20.0 Å². The molecule has 0 fully saturated rings. The van der Waals surface area contributed by atoms with Gasteiger partial charge >= 0.3 is 5.97 Å². The van der Waals surface area contributed by atoms with Gasteiger partial charge in [0.15, 0.2) is 0 Å². The van der Waals surface area contributed by atoms with Gasteiger partial charge < -0.3 is 43.2 Å². The molecule has 0 bridgehead atoms. The third kappa shape index (κ3) is 9.37. The smallest absolute Gasteiger partial charge is 0.326 e. The number of para-hydroxylation sites is 1. The van der Waals surface area contributed by atoms with Crippen LogP contribution in [-0.4, -0.2) is 70.4 Å². The third-order valence-electron chi connectivity index (χ3n) is 6.30. The summed E-state index contributed by atoms with van der Waals surface area (Å²) in [4.78, 5) is 64.8. The van der Waals surface area contributed by atoms with Gasteiger partial charge in [-0.05, 0) is 49.8 Å². The highest BCUT2D eigenvalue weighted by atomic mass is 16.4. The van der Waals surface area contributed by atoms with Crippen LogP contribution in [0.4, 0.5) is 0 Å². The van der Waals surface area contributed by atoms with Crippen molar-refractivity contribution in [2.75, 3.05) is 6.54 Å². The quantitative estimate of drug-likeness (QED) is 0.124. The minimum absolute atomic E-state index is 0.237. The van der Waals surface area contributed by atoms with E-state index in [0.717, 1.165) is 16.5 Å². The number of rotatable bonds is 16. The minimum Gasteiger partial charge on any atom is -0.480 e. The monoisotopic (exact) mass is 545 g/mol. The van der Waals surface area contributed by atoms with Crippen LogP contribution in [0.5, 0.6) is 0 Å². The number of aromatic amines is 1. The zero-order valence-electron chi connectivity index (χ0n) is 22.2. The first-order valence-electron chi connectivity index (χ1n) is 12.9. The molecular formula is C26H39N7O6. The summed E-state index contributed by atoms with van der Waals surface area (Å²) in [5, 5.41) is 17.8. The van der Waals surface area contributed by atoms with Crippen LogP contribution in [0, 0.1) is 5.92 Å². The van der Waals surface area contributed by atoms with E-state index in [0.29, 0.717) is 19.4 Å². The van der Waals surface area contributed by atoms with Crippen molar-refractivity contribution in [1.82, 2.24) is 20.9 Å². The lowest BCUT2D eigenvalue weighted by atomic mass is 10.0. The van der Waals surface area contributed by atoms with Crippen molar-refractivity contribution in [3.05, 3.63) is 36.0 Å². The van der Waals surface area contributed by atoms with Crippen molar-refractivity contribution in [2.24, 2.45) is 23.1 Å². The van der Waals surface area contributed by atoms with E-state index in [9.17, 15) is 29.1 Å². The van der Waals surface area contributed by atoms with Gasteiger partial charge in [-0.1, -0.05) is 32.0 Å². The minimum atomic E-state index is -1.55. The molecule has 4 amide bonds. The Morgan fingerprint density at radius 2 is 1.62 bits per heavy atom. The molecule has 2 aromatic rings. The van der Waals surface area contributed by atoms with Crippen LogP contribution in [0.2, 0.25) is 0 Å². The highest BCUT2D eigenvalue weighted by molar-refractivity contribution is 5.95. The second-order valence-electron chi connectivity index (χ2n) is 9.82. The molecule has 214 valence electrons. The maximum absolute atomic E-state index is 13.2. The fourth-order valence-corrected chi connectivity index (χ4v) is 4.12. The van der Waals surface area contributed by atoms with E-state index < -0.39 is 66.1 Å². The van der Waals surface area contributed by atoms with Crippen molar-refractivity contribution in [2.45, 2.75) is 70.1 Å². The number of benzene rings is 1. The molecule has 39 heavy (non-hydrogen) atoms. The number of amides is 4. The summed E-state index contributed by atoms with van der Waals surface area (Å²) < 4.78 is 0. The van der Waals surface area contributed by atoms with Crippen molar-refractivity contribution in [1.29, 1.82) is 0 Å². The van der Waals surface area contributed by atoms with Gasteiger partial charge in [0.1, 0.15) is 18.1 Å². The van der Waals surface area contributed by atoms with Crippen LogP contribution in [0.3, 0.4) is 0 Å². The molecule has 0 radical (unpaired) electrons. The van der Waals surface area contributed by atoms with Gasteiger partial charge in [0, 0.05) is 17.1 Å². The molecule has 0 aliphatic rings. The average Bonchev–Trinajstić information content (AvgIpc) is 3.28. The number of carboxylic acids is 1. The van der Waals surface area contributed by atoms with E-state index in [-0.39, 0.29) is 12.8 Å². The van der Waals surface area contributed by atoms with E-state index >= 15 is 0 Å². The Morgan fingerprint density at radius 3 is 2.23 bits per heavy atom. The van der Waals surface area contributed by atoms with Crippen LogP contribution in [0.25, 0.3) is 10.9 Å². The molecule has 0 spiro atoms. The second kappa shape index (κ2) is 14.8. The molecule has 0 saturated heterocycles. The zero-order valence-corrected chi connectivity index (χ0v) is 22.2. The SMILES string of the molecule is CC(C)C(NC(=O)C(CCCCN)NC(=O)C(N)Cc1c[nH]c2ccccc12)C(=O)NC(CC(N)=O)C(=O)O. The molecule has 1 aromatic carbocycles. The summed E-state index contributed by atoms with van der Waals surface area (Å²) in [7, 11) is 0. The van der Waals surface area contributed by atoms with Gasteiger partial charge in [-0.25, -0.2) is 4.79 Å². The van der Waals surface area contributed by atoms with Crippen LogP contribution in [-0.2, 0) is 30.4 Å². The van der Waals surface area contributed by atoms with Crippen LogP contribution in [0.1, 0.15) is 45.1 Å². The number of carboxylic acid groups (broad SMARTS) is 1. The molecule has 0 saturated carbocycles. The number of nitrogens with two attached hydrogens (primary N) is 3. The first-order valence-corrected chi connectivity index (χ1v) is 12.9. The lowest BCUT2D eigenvalue weighted by molar-refractivity contribution is -0.144. The van der Waals surface area contributed by atoms with Crippen LogP contribution >= 0.6 is 0 Å². The number of H-pyrrole nitrogens is 1. The highest BCUT2D eigenvalue weighted by Gasteiger charge is 2.32. The Kier molecular flexibility index (Phi) is 11.9. The Bertz CT molecular complexity index is 1160. The normalized spacial score (nSPS) is 14.3. The van der Waals surface area contributed by atoms with Gasteiger partial charge in [0.2, 0.25) is 23.6 Å². The van der Waals surface area contributed by atoms with E-state index in [1.165, 1.54) is 0 Å². The predicted octanol–water partition coefficient (Wildman–Crippen LogP) is -0.763. The van der Waals surface area contributed by atoms with Crippen molar-refractivity contribution in [3.8, 4) is 0 Å². The maximum Gasteiger partial charge on any atom is 0.326 e. The standard InChI is InChI=1S/C26H39N7O6/c1-14(2)22(25(37)32-20(26(38)39)12-21(29)34)33-24(36)19(9-5-6-10-27)31-23(35)17(28)11-15-13-30-18-8-4-3-7-16(15)18/h3-4,7-8,13-14,17,19-20,22,30H,5-6,9-12,27-28H2,1-2H3,(H2,29,34)(H,31,35)(H,32,37)(H,33,36)(H,38,39). The largest absolute Gasteiger partial charge is 0.480 e. The fraction of sp³-hybridized carbons (Fsp3) is 0.500. The molecule has 1 heterocycles. The summed E-state index contributed by atoms with van der Waals surface area (Å²) >= 11 is 0. The predicted molar refractivity (Wildman–Crippen MR) is 145 cm³/mol. The first-order chi connectivity index (χ1) is 18.4. The molecule has 13 heteroatoms. The van der Waals surface area contributed by atoms with E-state index in [1.807, 2.05) is 24.3 Å². The van der Waals surface area contributed by atoms with E-state index in [4.69, 9.17) is 17.2 Å². The molecule has 11 N–H and O–H groups in total. The number of hydrogen-bond donors (Lipinski definition) is 8. The topological polar surface area (TPSA) is 236 Å². The number of primary amides is 1. The summed E-state index contributed by atoms with van der Waals surface area (Å²) in [6.45, 7) is 3.72. The van der Waals surface area contributed by atoms with Gasteiger partial charge in [0.25, 0.3) is 0 Å². The van der Waals surface area contributed by atoms with Gasteiger partial charge in [0.05, 0.1) is 12.5 Å². The first kappa shape index (κ1) is 31.2. The van der Waals surface area contributed by atoms with Crippen molar-refractivity contribution < 1.29 is 29.1 Å². The third-order valence-corrected chi connectivity index (χ3v) is 6.30. The Hall–Kier alpha value is -3.97. The molecule has 2 rings (SSSR count). The zero-order chi connectivity index (χ0) is 29.1. The molecule has 0 aliphatic carbocycles. The Labute approximate surface area is 226 Å². The number of aliphatic carboxylic acids is 1. The van der Waals surface area contributed by atoms with Crippen molar-refractivity contribution in [3.63, 3.8) is 0 Å². The van der Waals surface area contributed by atoms with Crippen molar-refractivity contribution >= 4 is 40.5 Å². The lowest BCUT2D eigenvalue weighted by Crippen LogP contribution is -2.58. The molecule has 1 aromatic heterocycles. The Balaban J connectivity index is 2.12. The summed E-state index contributed by atoms with van der Waals surface area (Å²) in [6.07, 6.45) is 2.82. The maximum atomic E-state index is 13.2. The molecular weight excluding hydrogens is 506 g/mol. The summed E-state index contributed by atoms with van der Waals surface area (Å²) in [5.41, 5.74) is 18.6. The molecule has 4 atom stereocenters. The van der Waals surface area contributed by atoms with E-state index in [2.05, 4.69) is 20.9 Å². The van der Waals surface area contributed by atoms with Crippen LogP contribution < -0.4 is 33.2 Å².